The predicted octanol–water partition coefficient (Wildman–Crippen LogP) is 4.42. The molecule has 3 aromatic rings. The van der Waals surface area contributed by atoms with Crippen LogP contribution < -0.4 is 9.47 Å². The first-order valence-electron chi connectivity index (χ1n) is 10.2. The monoisotopic (exact) mass is 451 g/mol. The number of hydrogen-bond donors (Lipinski definition) is 0. The largest absolute Gasteiger partial charge is 0.493 e. The molecule has 3 rings (SSSR count). The average Bonchev–Trinajstić information content (AvgIpc) is 3.16. The van der Waals surface area contributed by atoms with E-state index in [0.29, 0.717) is 29.4 Å². The Bertz CT molecular complexity index is 1130. The highest BCUT2D eigenvalue weighted by atomic mass is 16.5. The van der Waals surface area contributed by atoms with Gasteiger partial charge in [0.1, 0.15) is 19.0 Å². The lowest BCUT2D eigenvalue weighted by Crippen LogP contribution is -2.03. The molecule has 33 heavy (non-hydrogen) atoms. The van der Waals surface area contributed by atoms with E-state index in [2.05, 4.69) is 9.89 Å². The molecule has 8 heteroatoms. The zero-order chi connectivity index (χ0) is 23.8. The molecular weight excluding hydrogens is 426 g/mol. The fourth-order valence-corrected chi connectivity index (χ4v) is 2.99. The molecule has 0 saturated carbocycles. The standard InChI is InChI=1S/C25H25NO7/c1-16-21(17(2)33-26-16)15-31-22-11-7-18(13-23(22)29-3)8-12-24(27)32-14-19-5-9-20(10-6-19)25(28)30-4/h5-13H,14-15H2,1-4H3/b12-8+. The Morgan fingerprint density at radius 3 is 2.39 bits per heavy atom. The van der Waals surface area contributed by atoms with Crippen LogP contribution in [0.2, 0.25) is 0 Å². The summed E-state index contributed by atoms with van der Waals surface area (Å²) in [5, 5.41) is 3.92. The number of aryl methyl sites for hydroxylation is 2. The van der Waals surface area contributed by atoms with Crippen molar-refractivity contribution in [2.75, 3.05) is 14.2 Å². The molecule has 1 heterocycles. The summed E-state index contributed by atoms with van der Waals surface area (Å²) >= 11 is 0. The van der Waals surface area contributed by atoms with E-state index in [-0.39, 0.29) is 6.61 Å². The first-order valence-corrected chi connectivity index (χ1v) is 10.2. The van der Waals surface area contributed by atoms with Gasteiger partial charge in [-0.15, -0.1) is 0 Å². The van der Waals surface area contributed by atoms with Gasteiger partial charge in [-0.1, -0.05) is 23.4 Å². The molecule has 0 aliphatic heterocycles. The molecule has 0 aliphatic rings. The van der Waals surface area contributed by atoms with Gasteiger partial charge in [0.15, 0.2) is 11.5 Å². The van der Waals surface area contributed by atoms with Crippen molar-refractivity contribution in [3.8, 4) is 11.5 Å². The Balaban J connectivity index is 1.56. The van der Waals surface area contributed by atoms with E-state index < -0.39 is 11.9 Å². The van der Waals surface area contributed by atoms with Crippen molar-refractivity contribution in [3.63, 3.8) is 0 Å². The minimum atomic E-state index is -0.496. The number of rotatable bonds is 9. The minimum absolute atomic E-state index is 0.0857. The van der Waals surface area contributed by atoms with Crippen molar-refractivity contribution >= 4 is 18.0 Å². The molecule has 0 atom stereocenters. The zero-order valence-corrected chi connectivity index (χ0v) is 18.9. The molecule has 0 bridgehead atoms. The van der Waals surface area contributed by atoms with Gasteiger partial charge < -0.3 is 23.5 Å². The van der Waals surface area contributed by atoms with Gasteiger partial charge in [0.25, 0.3) is 0 Å². The van der Waals surface area contributed by atoms with Crippen molar-refractivity contribution in [1.82, 2.24) is 5.16 Å². The van der Waals surface area contributed by atoms with Crippen molar-refractivity contribution in [2.45, 2.75) is 27.1 Å². The minimum Gasteiger partial charge on any atom is -0.493 e. The highest BCUT2D eigenvalue weighted by molar-refractivity contribution is 5.89. The number of carbonyl (C=O) groups excluding carboxylic acids is 2. The van der Waals surface area contributed by atoms with E-state index in [1.54, 1.807) is 55.7 Å². The van der Waals surface area contributed by atoms with Crippen LogP contribution in [0.3, 0.4) is 0 Å². The maximum absolute atomic E-state index is 12.1. The van der Waals surface area contributed by atoms with Crippen LogP contribution in [0.4, 0.5) is 0 Å². The molecule has 0 aliphatic carbocycles. The van der Waals surface area contributed by atoms with Gasteiger partial charge in [0, 0.05) is 6.08 Å². The Kier molecular flexibility index (Phi) is 7.86. The van der Waals surface area contributed by atoms with Crippen LogP contribution in [0.5, 0.6) is 11.5 Å². The molecule has 0 amide bonds. The first-order chi connectivity index (χ1) is 15.9. The third-order valence-electron chi connectivity index (χ3n) is 4.91. The second-order valence-electron chi connectivity index (χ2n) is 7.13. The maximum Gasteiger partial charge on any atom is 0.337 e. The second-order valence-corrected chi connectivity index (χ2v) is 7.13. The number of hydrogen-bond acceptors (Lipinski definition) is 8. The first kappa shape index (κ1) is 23.6. The third kappa shape index (κ3) is 6.22. The van der Waals surface area contributed by atoms with E-state index in [1.165, 1.54) is 13.2 Å². The van der Waals surface area contributed by atoms with E-state index in [4.69, 9.17) is 18.7 Å². The van der Waals surface area contributed by atoms with Crippen LogP contribution in [0.1, 0.15) is 38.5 Å². The SMILES string of the molecule is COC(=O)c1ccc(COC(=O)/C=C/c2ccc(OCc3c(C)noc3C)c(OC)c2)cc1. The van der Waals surface area contributed by atoms with Gasteiger partial charge in [-0.3, -0.25) is 0 Å². The van der Waals surface area contributed by atoms with Gasteiger partial charge in [-0.2, -0.15) is 0 Å². The molecule has 0 radical (unpaired) electrons. The summed E-state index contributed by atoms with van der Waals surface area (Å²) in [7, 11) is 2.87. The summed E-state index contributed by atoms with van der Waals surface area (Å²) in [5.74, 6) is 0.890. The lowest BCUT2D eigenvalue weighted by atomic mass is 10.1. The highest BCUT2D eigenvalue weighted by Crippen LogP contribution is 2.30. The van der Waals surface area contributed by atoms with Crippen LogP contribution in [-0.4, -0.2) is 31.3 Å². The Hall–Kier alpha value is -4.07. The maximum atomic E-state index is 12.1. The zero-order valence-electron chi connectivity index (χ0n) is 18.9. The number of aromatic nitrogens is 1. The number of esters is 2. The smallest absolute Gasteiger partial charge is 0.337 e. The van der Waals surface area contributed by atoms with Crippen molar-refractivity contribution in [2.24, 2.45) is 0 Å². The van der Waals surface area contributed by atoms with Crippen molar-refractivity contribution < 1.29 is 33.1 Å². The fraction of sp³-hybridized carbons (Fsp3) is 0.240. The molecule has 0 saturated heterocycles. The average molecular weight is 451 g/mol. The normalized spacial score (nSPS) is 10.8. The highest BCUT2D eigenvalue weighted by Gasteiger charge is 2.12. The fourth-order valence-electron chi connectivity index (χ4n) is 2.99. The predicted molar refractivity (Wildman–Crippen MR) is 120 cm³/mol. The number of benzene rings is 2. The quantitative estimate of drug-likeness (QED) is 0.348. The number of methoxy groups -OCH3 is 2. The van der Waals surface area contributed by atoms with Crippen LogP contribution in [0.25, 0.3) is 6.08 Å². The third-order valence-corrected chi connectivity index (χ3v) is 4.91. The Morgan fingerprint density at radius 1 is 1.00 bits per heavy atom. The molecule has 0 unspecified atom stereocenters. The number of nitrogens with zero attached hydrogens (tertiary/aromatic N) is 1. The van der Waals surface area contributed by atoms with Gasteiger partial charge in [0.2, 0.25) is 0 Å². The van der Waals surface area contributed by atoms with E-state index in [0.717, 1.165) is 22.4 Å². The van der Waals surface area contributed by atoms with Gasteiger partial charge in [0.05, 0.1) is 31.0 Å². The Labute approximate surface area is 191 Å². The number of ether oxygens (including phenoxy) is 4. The van der Waals surface area contributed by atoms with Crippen molar-refractivity contribution in [1.29, 1.82) is 0 Å². The summed E-state index contributed by atoms with van der Waals surface area (Å²) in [6.45, 7) is 4.08. The van der Waals surface area contributed by atoms with E-state index >= 15 is 0 Å². The molecule has 2 aromatic carbocycles. The van der Waals surface area contributed by atoms with Gasteiger partial charge in [-0.05, 0) is 55.3 Å². The van der Waals surface area contributed by atoms with E-state index in [1.807, 2.05) is 13.8 Å². The van der Waals surface area contributed by atoms with E-state index in [9.17, 15) is 9.59 Å². The summed E-state index contributed by atoms with van der Waals surface area (Å²) in [6.07, 6.45) is 2.96. The van der Waals surface area contributed by atoms with Crippen LogP contribution in [0, 0.1) is 13.8 Å². The molecule has 0 N–H and O–H groups in total. The lowest BCUT2D eigenvalue weighted by Gasteiger charge is -2.11. The summed E-state index contributed by atoms with van der Waals surface area (Å²) in [4.78, 5) is 23.5. The second kappa shape index (κ2) is 11.0. The van der Waals surface area contributed by atoms with Crippen LogP contribution in [0.15, 0.2) is 53.1 Å². The number of carbonyl (C=O) groups is 2. The van der Waals surface area contributed by atoms with Gasteiger partial charge >= 0.3 is 11.9 Å². The molecular formula is C25H25NO7. The van der Waals surface area contributed by atoms with Gasteiger partial charge in [-0.25, -0.2) is 9.59 Å². The molecule has 172 valence electrons. The molecule has 8 nitrogen and oxygen atoms in total. The van der Waals surface area contributed by atoms with Crippen LogP contribution >= 0.6 is 0 Å². The van der Waals surface area contributed by atoms with Crippen LogP contribution in [-0.2, 0) is 27.5 Å². The molecule has 0 fully saturated rings. The molecule has 0 spiro atoms. The lowest BCUT2D eigenvalue weighted by molar-refractivity contribution is -0.138. The summed E-state index contributed by atoms with van der Waals surface area (Å²) in [5.41, 5.74) is 3.61. The topological polar surface area (TPSA) is 97.1 Å². The van der Waals surface area contributed by atoms with Crippen molar-refractivity contribution in [3.05, 3.63) is 82.2 Å². The summed E-state index contributed by atoms with van der Waals surface area (Å²) < 4.78 is 26.3. The Morgan fingerprint density at radius 2 is 1.76 bits per heavy atom. The molecule has 1 aromatic heterocycles. The summed E-state index contributed by atoms with van der Waals surface area (Å²) in [6, 6.07) is 12.0.